The lowest BCUT2D eigenvalue weighted by molar-refractivity contribution is 0.590. The average molecular weight is 167 g/mol. The van der Waals surface area contributed by atoms with Gasteiger partial charge in [-0.05, 0) is 0 Å². The number of rotatable bonds is 1. The molecule has 66 valence electrons. The molecule has 1 aliphatic rings. The summed E-state index contributed by atoms with van der Waals surface area (Å²) in [6, 6.07) is 0. The number of nitrogens with two attached hydrogens (primary N) is 1. The highest BCUT2D eigenvalue weighted by molar-refractivity contribution is 5.62. The van der Waals surface area contributed by atoms with Crippen molar-refractivity contribution in [1.82, 2.24) is 15.5 Å². The molecule has 0 unspecified atom stereocenters. The number of piperazine rings is 1. The number of hydrogen-bond acceptors (Lipinski definition) is 4. The molecule has 1 fully saturated rings. The van der Waals surface area contributed by atoms with E-state index in [4.69, 9.17) is 5.73 Å². The van der Waals surface area contributed by atoms with Gasteiger partial charge >= 0.3 is 0 Å². The predicted octanol–water partition coefficient (Wildman–Crippen LogP) is -0.599. The van der Waals surface area contributed by atoms with E-state index in [1.165, 1.54) is 0 Å². The molecule has 0 bridgehead atoms. The van der Waals surface area contributed by atoms with Crippen LogP contribution in [0.2, 0.25) is 0 Å². The van der Waals surface area contributed by atoms with E-state index in [1.54, 1.807) is 0 Å². The zero-order valence-corrected chi connectivity index (χ0v) is 6.88. The first-order chi connectivity index (χ1) is 5.88. The van der Waals surface area contributed by atoms with Crippen molar-refractivity contribution in [2.45, 2.75) is 0 Å². The molecule has 5 heteroatoms. The topological polar surface area (TPSA) is 70.0 Å². The van der Waals surface area contributed by atoms with E-state index >= 15 is 0 Å². The van der Waals surface area contributed by atoms with Gasteiger partial charge in [-0.15, -0.1) is 0 Å². The van der Waals surface area contributed by atoms with Gasteiger partial charge in [0.1, 0.15) is 0 Å². The lowest BCUT2D eigenvalue weighted by Gasteiger charge is -2.28. The van der Waals surface area contributed by atoms with Crippen LogP contribution >= 0.6 is 0 Å². The zero-order chi connectivity index (χ0) is 8.39. The summed E-state index contributed by atoms with van der Waals surface area (Å²) < 4.78 is 0. The van der Waals surface area contributed by atoms with Crippen LogP contribution in [0.4, 0.5) is 11.5 Å². The number of nitrogen functional groups attached to an aromatic ring is 1. The number of nitrogens with one attached hydrogen (secondary N) is 2. The van der Waals surface area contributed by atoms with E-state index in [9.17, 15) is 0 Å². The van der Waals surface area contributed by atoms with Crippen molar-refractivity contribution >= 4 is 11.5 Å². The molecule has 0 radical (unpaired) electrons. The molecule has 0 spiro atoms. The first kappa shape index (κ1) is 7.42. The van der Waals surface area contributed by atoms with Crippen molar-refractivity contribution < 1.29 is 0 Å². The smallest absolute Gasteiger partial charge is 0.168 e. The van der Waals surface area contributed by atoms with Gasteiger partial charge in [0.15, 0.2) is 5.82 Å². The van der Waals surface area contributed by atoms with Crippen molar-refractivity contribution in [3.05, 3.63) is 6.20 Å². The Morgan fingerprint density at radius 2 is 2.17 bits per heavy atom. The summed E-state index contributed by atoms with van der Waals surface area (Å²) in [6.45, 7) is 4.04. The minimum atomic E-state index is 0.594. The Labute approximate surface area is 70.9 Å². The van der Waals surface area contributed by atoms with E-state index in [1.807, 2.05) is 6.20 Å². The van der Waals surface area contributed by atoms with Crippen molar-refractivity contribution in [2.75, 3.05) is 36.8 Å². The van der Waals surface area contributed by atoms with Gasteiger partial charge < -0.3 is 16.0 Å². The number of H-pyrrole nitrogens is 1. The molecule has 0 atom stereocenters. The third-order valence-electron chi connectivity index (χ3n) is 2.11. The van der Waals surface area contributed by atoms with Crippen LogP contribution in [0.1, 0.15) is 0 Å². The molecule has 1 aromatic heterocycles. The Morgan fingerprint density at radius 3 is 2.75 bits per heavy atom. The van der Waals surface area contributed by atoms with Crippen LogP contribution < -0.4 is 16.0 Å². The first-order valence-electron chi connectivity index (χ1n) is 4.13. The second-order valence-electron chi connectivity index (χ2n) is 2.89. The maximum atomic E-state index is 5.67. The predicted molar refractivity (Wildman–Crippen MR) is 48.1 cm³/mol. The molecule has 0 aromatic carbocycles. The highest BCUT2D eigenvalue weighted by atomic mass is 15.3. The van der Waals surface area contributed by atoms with E-state index < -0.39 is 0 Å². The Kier molecular flexibility index (Phi) is 1.87. The molecule has 4 N–H and O–H groups in total. The maximum absolute atomic E-state index is 5.67. The van der Waals surface area contributed by atoms with Gasteiger partial charge in [-0.1, -0.05) is 0 Å². The molecule has 0 aliphatic carbocycles. The number of hydrogen-bond donors (Lipinski definition) is 3. The van der Waals surface area contributed by atoms with Crippen LogP contribution in [0.15, 0.2) is 6.20 Å². The minimum absolute atomic E-state index is 0.594. The Hall–Kier alpha value is -1.23. The van der Waals surface area contributed by atoms with Gasteiger partial charge in [0.25, 0.3) is 0 Å². The molecule has 5 nitrogen and oxygen atoms in total. The quantitative estimate of drug-likeness (QED) is 0.522. The van der Waals surface area contributed by atoms with Crippen molar-refractivity contribution in [2.24, 2.45) is 0 Å². The van der Waals surface area contributed by atoms with E-state index in [2.05, 4.69) is 20.4 Å². The molecule has 2 heterocycles. The average Bonchev–Trinajstić information content (AvgIpc) is 2.53. The summed E-state index contributed by atoms with van der Waals surface area (Å²) in [7, 11) is 0. The van der Waals surface area contributed by atoms with E-state index in [0.29, 0.717) is 5.82 Å². The SMILES string of the molecule is Nc1n[nH]cc1N1CCNCC1. The highest BCUT2D eigenvalue weighted by Gasteiger charge is 2.13. The zero-order valence-electron chi connectivity index (χ0n) is 6.88. The summed E-state index contributed by atoms with van der Waals surface area (Å²) >= 11 is 0. The fourth-order valence-corrected chi connectivity index (χ4v) is 1.45. The van der Waals surface area contributed by atoms with Crippen molar-refractivity contribution in [3.8, 4) is 0 Å². The van der Waals surface area contributed by atoms with Gasteiger partial charge in [0.05, 0.1) is 5.69 Å². The number of anilines is 2. The molecule has 1 aliphatic heterocycles. The summed E-state index contributed by atoms with van der Waals surface area (Å²) in [5.41, 5.74) is 6.69. The van der Waals surface area contributed by atoms with Gasteiger partial charge in [0, 0.05) is 32.4 Å². The highest BCUT2D eigenvalue weighted by Crippen LogP contribution is 2.19. The third kappa shape index (κ3) is 1.23. The fourth-order valence-electron chi connectivity index (χ4n) is 1.45. The Morgan fingerprint density at radius 1 is 1.42 bits per heavy atom. The number of aromatic nitrogens is 2. The summed E-state index contributed by atoms with van der Waals surface area (Å²) in [5.74, 6) is 0.594. The molecule has 0 amide bonds. The van der Waals surface area contributed by atoms with Gasteiger partial charge in [0.2, 0.25) is 0 Å². The number of aromatic amines is 1. The lowest BCUT2D eigenvalue weighted by atomic mass is 10.3. The van der Waals surface area contributed by atoms with Gasteiger partial charge in [-0.2, -0.15) is 5.10 Å². The first-order valence-corrected chi connectivity index (χ1v) is 4.13. The molecule has 1 aromatic rings. The third-order valence-corrected chi connectivity index (χ3v) is 2.11. The lowest BCUT2D eigenvalue weighted by Crippen LogP contribution is -2.43. The van der Waals surface area contributed by atoms with Crippen LogP contribution in [0.3, 0.4) is 0 Å². The van der Waals surface area contributed by atoms with Crippen LogP contribution in [0.25, 0.3) is 0 Å². The number of nitrogens with zero attached hydrogens (tertiary/aromatic N) is 2. The largest absolute Gasteiger partial charge is 0.380 e. The van der Waals surface area contributed by atoms with Crippen LogP contribution in [0, 0.1) is 0 Å². The molecular formula is C7H13N5. The van der Waals surface area contributed by atoms with Crippen molar-refractivity contribution in [1.29, 1.82) is 0 Å². The fraction of sp³-hybridized carbons (Fsp3) is 0.571. The minimum Gasteiger partial charge on any atom is -0.380 e. The van der Waals surface area contributed by atoms with Crippen LogP contribution in [0.5, 0.6) is 0 Å². The van der Waals surface area contributed by atoms with E-state index in [-0.39, 0.29) is 0 Å². The standard InChI is InChI=1S/C7H13N5/c8-7-6(5-10-11-7)12-3-1-9-2-4-12/h5,9H,1-4H2,(H3,8,10,11). The second kappa shape index (κ2) is 3.02. The molecule has 2 rings (SSSR count). The van der Waals surface area contributed by atoms with Gasteiger partial charge in [-0.3, -0.25) is 5.10 Å². The van der Waals surface area contributed by atoms with Crippen LogP contribution in [-0.2, 0) is 0 Å². The molecule has 12 heavy (non-hydrogen) atoms. The summed E-state index contributed by atoms with van der Waals surface area (Å²) in [6.07, 6.45) is 1.85. The van der Waals surface area contributed by atoms with Crippen molar-refractivity contribution in [3.63, 3.8) is 0 Å². The van der Waals surface area contributed by atoms with Gasteiger partial charge in [-0.25, -0.2) is 0 Å². The molecule has 0 saturated carbocycles. The monoisotopic (exact) mass is 167 g/mol. The Bertz CT molecular complexity index is 250. The second-order valence-corrected chi connectivity index (χ2v) is 2.89. The normalized spacial score (nSPS) is 18.2. The molecule has 1 saturated heterocycles. The summed E-state index contributed by atoms with van der Waals surface area (Å²) in [4.78, 5) is 2.23. The molecular weight excluding hydrogens is 154 g/mol. The maximum Gasteiger partial charge on any atom is 0.168 e. The summed E-state index contributed by atoms with van der Waals surface area (Å²) in [5, 5.41) is 9.92. The Balaban J connectivity index is 2.13. The van der Waals surface area contributed by atoms with E-state index in [0.717, 1.165) is 31.9 Å². The van der Waals surface area contributed by atoms with Crippen LogP contribution in [-0.4, -0.2) is 36.4 Å².